The zero-order chi connectivity index (χ0) is 49.0. The third kappa shape index (κ3) is 19.5. The van der Waals surface area contributed by atoms with Crippen LogP contribution >= 0.6 is 0 Å². The molecule has 16 nitrogen and oxygen atoms in total. The van der Waals surface area contributed by atoms with Crippen LogP contribution in [0.5, 0.6) is 34.5 Å². The molecule has 5 aromatic rings. The molecule has 0 aliphatic carbocycles. The molecule has 0 radical (unpaired) electrons. The van der Waals surface area contributed by atoms with E-state index in [-0.39, 0.29) is 24.7 Å². The van der Waals surface area contributed by atoms with E-state index < -0.39 is 35.8 Å². The fraction of sp³-hybridized carbons (Fsp3) is 0.157. The lowest BCUT2D eigenvalue weighted by Gasteiger charge is -2.11. The molecule has 0 atom stereocenters. The molecule has 67 heavy (non-hydrogen) atoms. The van der Waals surface area contributed by atoms with Gasteiger partial charge in [-0.2, -0.15) is 5.26 Å². The number of phenols is 1. The van der Waals surface area contributed by atoms with Gasteiger partial charge in [0.2, 0.25) is 0 Å². The Morgan fingerprint density at radius 2 is 0.940 bits per heavy atom. The van der Waals surface area contributed by atoms with Gasteiger partial charge in [0.25, 0.3) is 0 Å². The molecule has 0 fully saturated rings. The molecular formula is C51H47NO15. The Kier molecular flexibility index (Phi) is 22.4. The van der Waals surface area contributed by atoms with Gasteiger partial charge in [-0.1, -0.05) is 19.7 Å². The number of ether oxygens (including phenoxy) is 8. The van der Waals surface area contributed by atoms with E-state index in [1.165, 1.54) is 37.4 Å². The number of hydrogen-bond acceptors (Lipinski definition) is 16. The molecule has 0 saturated carbocycles. The number of phenolic OH excluding ortho intramolecular Hbond substituents is 1. The lowest BCUT2D eigenvalue weighted by Crippen LogP contribution is -2.11. The Labute approximate surface area is 386 Å². The van der Waals surface area contributed by atoms with E-state index in [2.05, 4.69) is 24.5 Å². The minimum absolute atomic E-state index is 0.0879. The van der Waals surface area contributed by atoms with E-state index in [0.29, 0.717) is 76.9 Å². The summed E-state index contributed by atoms with van der Waals surface area (Å²) in [5, 5.41) is 17.7. The fourth-order valence-corrected chi connectivity index (χ4v) is 4.90. The maximum absolute atomic E-state index is 12.6. The Morgan fingerprint density at radius 1 is 0.537 bits per heavy atom. The van der Waals surface area contributed by atoms with Crippen LogP contribution in [0, 0.1) is 18.3 Å². The van der Waals surface area contributed by atoms with Crippen LogP contribution in [0.2, 0.25) is 0 Å². The maximum atomic E-state index is 12.6. The van der Waals surface area contributed by atoms with Crippen LogP contribution in [0.15, 0.2) is 153 Å². The lowest BCUT2D eigenvalue weighted by molar-refractivity contribution is -0.138. The summed E-state index contributed by atoms with van der Waals surface area (Å²) in [6.07, 6.45) is 4.32. The summed E-state index contributed by atoms with van der Waals surface area (Å²) in [4.78, 5) is 68.8. The van der Waals surface area contributed by atoms with Gasteiger partial charge in [-0.15, -0.1) is 0 Å². The average molecular weight is 914 g/mol. The first-order chi connectivity index (χ1) is 32.3. The SMILES string of the molecule is C=CC(=O)OC.C=CC(=O)OCCCOc1ccc(C(=O)Oc2ccc(OC(=O)c3ccc(OCCCOC(=O)C=C)cc3)c(C)c2)cc1.N#Cc1ccc(OC(=O)c2ccc(O)cc2)cc1. The van der Waals surface area contributed by atoms with E-state index in [0.717, 1.165) is 18.2 Å². The number of benzene rings is 5. The van der Waals surface area contributed by atoms with Crippen molar-refractivity contribution in [2.24, 2.45) is 0 Å². The molecule has 0 unspecified atom stereocenters. The number of carbonyl (C=O) groups is 6. The highest BCUT2D eigenvalue weighted by Crippen LogP contribution is 2.26. The molecule has 0 aromatic heterocycles. The van der Waals surface area contributed by atoms with Crippen LogP contribution in [0.3, 0.4) is 0 Å². The fourth-order valence-electron chi connectivity index (χ4n) is 4.90. The van der Waals surface area contributed by atoms with Crippen molar-refractivity contribution in [3.8, 4) is 40.6 Å². The monoisotopic (exact) mass is 913 g/mol. The van der Waals surface area contributed by atoms with E-state index in [1.807, 2.05) is 6.07 Å². The molecule has 0 saturated heterocycles. The summed E-state index contributed by atoms with van der Waals surface area (Å²) < 4.78 is 41.2. The van der Waals surface area contributed by atoms with E-state index >= 15 is 0 Å². The number of aromatic hydroxyl groups is 1. The lowest BCUT2D eigenvalue weighted by atomic mass is 10.2. The number of aryl methyl sites for hydroxylation is 1. The smallest absolute Gasteiger partial charge is 0.343 e. The number of carbonyl (C=O) groups excluding carboxylic acids is 6. The summed E-state index contributed by atoms with van der Waals surface area (Å²) in [5.74, 6) is -0.823. The number of hydrogen-bond donors (Lipinski definition) is 1. The van der Waals surface area contributed by atoms with Crippen LogP contribution < -0.4 is 23.7 Å². The standard InChI is InChI=1S/C33H32O10.C14H9NO3.C4H6O2/c1-4-30(34)40-20-6-18-38-26-12-8-24(9-13-26)32(36)42-28-16-17-29(23(3)22-28)43-33(37)25-10-14-27(15-11-25)39-19-7-21-41-31(35)5-2;15-9-10-1-7-13(8-2-10)18-14(17)11-3-5-12(16)6-4-11;1-3-4(5)6-2/h4-5,8-17,22H,1-2,6-7,18-21H2,3H3;1-8,16H;3H,1H2,2H3. The van der Waals surface area contributed by atoms with E-state index in [1.54, 1.807) is 91.9 Å². The highest BCUT2D eigenvalue weighted by Gasteiger charge is 2.14. The topological polar surface area (TPSA) is 220 Å². The first-order valence-corrected chi connectivity index (χ1v) is 20.1. The predicted molar refractivity (Wildman–Crippen MR) is 243 cm³/mol. The minimum atomic E-state index is -0.563. The van der Waals surface area contributed by atoms with Crippen LogP contribution in [-0.4, -0.2) is 74.5 Å². The molecule has 0 heterocycles. The number of nitriles is 1. The van der Waals surface area contributed by atoms with Crippen molar-refractivity contribution >= 4 is 35.8 Å². The third-order valence-electron chi connectivity index (χ3n) is 8.34. The van der Waals surface area contributed by atoms with Gasteiger partial charge in [0.1, 0.15) is 34.5 Å². The zero-order valence-electron chi connectivity index (χ0n) is 36.7. The largest absolute Gasteiger partial charge is 0.508 e. The second kappa shape index (κ2) is 28.7. The summed E-state index contributed by atoms with van der Waals surface area (Å²) in [7, 11) is 1.31. The van der Waals surface area contributed by atoms with Crippen molar-refractivity contribution in [2.45, 2.75) is 19.8 Å². The number of methoxy groups -OCH3 is 1. The zero-order valence-corrected chi connectivity index (χ0v) is 36.7. The van der Waals surface area contributed by atoms with Gasteiger partial charge < -0.3 is 43.0 Å². The van der Waals surface area contributed by atoms with Gasteiger partial charge in [0.15, 0.2) is 0 Å². The van der Waals surface area contributed by atoms with Crippen LogP contribution in [-0.2, 0) is 28.6 Å². The molecule has 0 aliphatic rings. The number of rotatable bonds is 19. The van der Waals surface area contributed by atoms with Crippen molar-refractivity contribution in [2.75, 3.05) is 33.5 Å². The molecule has 346 valence electrons. The maximum Gasteiger partial charge on any atom is 0.343 e. The van der Waals surface area contributed by atoms with Crippen molar-refractivity contribution in [3.63, 3.8) is 0 Å². The summed E-state index contributed by atoms with van der Waals surface area (Å²) in [5.41, 5.74) is 2.09. The first-order valence-electron chi connectivity index (χ1n) is 20.1. The molecule has 0 amide bonds. The van der Waals surface area contributed by atoms with Crippen molar-refractivity contribution < 1.29 is 71.8 Å². The van der Waals surface area contributed by atoms with Gasteiger partial charge in [0.05, 0.1) is 61.9 Å². The van der Waals surface area contributed by atoms with Crippen molar-refractivity contribution in [1.82, 2.24) is 0 Å². The Bertz CT molecular complexity index is 2510. The van der Waals surface area contributed by atoms with Gasteiger partial charge in [-0.3, -0.25) is 0 Å². The van der Waals surface area contributed by atoms with E-state index in [4.69, 9.17) is 43.5 Å². The van der Waals surface area contributed by atoms with Crippen LogP contribution in [0.1, 0.15) is 55.0 Å². The third-order valence-corrected chi connectivity index (χ3v) is 8.34. The molecule has 0 aliphatic heterocycles. The van der Waals surface area contributed by atoms with E-state index in [9.17, 15) is 28.8 Å². The Hall–Kier alpha value is -8.97. The average Bonchev–Trinajstić information content (AvgIpc) is 3.35. The molecule has 16 heteroatoms. The normalized spacial score (nSPS) is 9.69. The van der Waals surface area contributed by atoms with Crippen molar-refractivity contribution in [3.05, 3.63) is 181 Å². The van der Waals surface area contributed by atoms with Gasteiger partial charge in [0, 0.05) is 31.1 Å². The number of esters is 6. The highest BCUT2D eigenvalue weighted by atomic mass is 16.6. The predicted octanol–water partition coefficient (Wildman–Crippen LogP) is 8.26. The Morgan fingerprint density at radius 3 is 1.34 bits per heavy atom. The molecule has 0 bridgehead atoms. The molecule has 5 rings (SSSR count). The quantitative estimate of drug-likeness (QED) is 0.0271. The molecule has 5 aromatic carbocycles. The van der Waals surface area contributed by atoms with Gasteiger partial charge in [-0.05, 0) is 128 Å². The van der Waals surface area contributed by atoms with Crippen LogP contribution in [0.25, 0.3) is 0 Å². The summed E-state index contributed by atoms with van der Waals surface area (Å²) in [6, 6.07) is 31.6. The van der Waals surface area contributed by atoms with Crippen LogP contribution in [0.4, 0.5) is 0 Å². The minimum Gasteiger partial charge on any atom is -0.508 e. The Balaban J connectivity index is 0.000000404. The summed E-state index contributed by atoms with van der Waals surface area (Å²) >= 11 is 0. The second-order valence-corrected chi connectivity index (χ2v) is 13.2. The first kappa shape index (κ1) is 52.4. The second-order valence-electron chi connectivity index (χ2n) is 13.2. The number of nitrogens with zero attached hydrogens (tertiary/aromatic N) is 1. The van der Waals surface area contributed by atoms with Gasteiger partial charge >= 0.3 is 35.8 Å². The summed E-state index contributed by atoms with van der Waals surface area (Å²) in [6.45, 7) is 12.6. The van der Waals surface area contributed by atoms with Crippen molar-refractivity contribution in [1.29, 1.82) is 5.26 Å². The molecule has 0 spiro atoms. The molecule has 1 N–H and O–H groups in total. The van der Waals surface area contributed by atoms with Gasteiger partial charge in [-0.25, -0.2) is 28.8 Å². The molecular weight excluding hydrogens is 867 g/mol. The highest BCUT2D eigenvalue weighted by molar-refractivity contribution is 5.92.